The van der Waals surface area contributed by atoms with Gasteiger partial charge in [-0.05, 0) is 24.5 Å². The zero-order valence-electron chi connectivity index (χ0n) is 13.1. The van der Waals surface area contributed by atoms with Crippen LogP contribution in [0.5, 0.6) is 0 Å². The van der Waals surface area contributed by atoms with Crippen LogP contribution in [0.25, 0.3) is 0 Å². The van der Waals surface area contributed by atoms with Crippen LogP contribution in [0.4, 0.5) is 0 Å². The Bertz CT molecular complexity index is 540. The topological polar surface area (TPSA) is 59.6 Å². The molecule has 23 heavy (non-hydrogen) atoms. The Hall–Kier alpha value is -1.14. The summed E-state index contributed by atoms with van der Waals surface area (Å²) in [5.74, 6) is -0.0601. The molecular formula is C17H23ClN2O3. The van der Waals surface area contributed by atoms with Gasteiger partial charge in [-0.3, -0.25) is 4.79 Å². The summed E-state index contributed by atoms with van der Waals surface area (Å²) in [6.07, 6.45) is 1.29. The van der Waals surface area contributed by atoms with Crippen LogP contribution in [0.2, 0.25) is 5.02 Å². The summed E-state index contributed by atoms with van der Waals surface area (Å²) >= 11 is 6.42. The van der Waals surface area contributed by atoms with Crippen molar-refractivity contribution in [2.24, 2.45) is 0 Å². The first kappa shape index (κ1) is 16.7. The number of nitrogens with one attached hydrogen (secondary N) is 2. The molecular weight excluding hydrogens is 316 g/mol. The van der Waals surface area contributed by atoms with Gasteiger partial charge in [-0.15, -0.1) is 0 Å². The Kier molecular flexibility index (Phi) is 5.54. The maximum Gasteiger partial charge on any atom is 0.250 e. The molecule has 2 fully saturated rings. The first-order valence-electron chi connectivity index (χ1n) is 8.14. The van der Waals surface area contributed by atoms with Gasteiger partial charge in [0.05, 0.1) is 6.61 Å². The third-order valence-electron chi connectivity index (χ3n) is 4.72. The van der Waals surface area contributed by atoms with Gasteiger partial charge >= 0.3 is 0 Å². The van der Waals surface area contributed by atoms with Gasteiger partial charge in [0.2, 0.25) is 5.91 Å². The normalized spacial score (nSPS) is 24.1. The van der Waals surface area contributed by atoms with Crippen molar-refractivity contribution in [2.45, 2.75) is 24.4 Å². The van der Waals surface area contributed by atoms with E-state index >= 15 is 0 Å². The minimum Gasteiger partial charge on any atom is -0.381 e. The van der Waals surface area contributed by atoms with Crippen molar-refractivity contribution in [3.05, 3.63) is 34.9 Å². The molecule has 0 saturated carbocycles. The Morgan fingerprint density at radius 3 is 2.78 bits per heavy atom. The van der Waals surface area contributed by atoms with Gasteiger partial charge in [0.15, 0.2) is 0 Å². The zero-order valence-corrected chi connectivity index (χ0v) is 13.9. The number of halogens is 1. The average Bonchev–Trinajstić information content (AvgIpc) is 2.61. The fourth-order valence-corrected chi connectivity index (χ4v) is 3.63. The Morgan fingerprint density at radius 2 is 2.09 bits per heavy atom. The van der Waals surface area contributed by atoms with Crippen LogP contribution in [0, 0.1) is 0 Å². The van der Waals surface area contributed by atoms with Crippen LogP contribution in [0.15, 0.2) is 24.3 Å². The van der Waals surface area contributed by atoms with Crippen molar-refractivity contribution in [3.8, 4) is 0 Å². The predicted molar refractivity (Wildman–Crippen MR) is 88.8 cm³/mol. The third-order valence-corrected chi connectivity index (χ3v) is 5.05. The number of carbonyl (C=O) groups excluding carboxylic acids is 1. The molecule has 2 saturated heterocycles. The third kappa shape index (κ3) is 3.86. The van der Waals surface area contributed by atoms with Crippen molar-refractivity contribution < 1.29 is 14.3 Å². The molecule has 0 aliphatic carbocycles. The molecule has 126 valence electrons. The number of rotatable bonds is 4. The molecule has 2 N–H and O–H groups in total. The van der Waals surface area contributed by atoms with Gasteiger partial charge in [-0.1, -0.05) is 29.8 Å². The van der Waals surface area contributed by atoms with Gasteiger partial charge in [0.1, 0.15) is 6.10 Å². The maximum absolute atomic E-state index is 12.4. The lowest BCUT2D eigenvalue weighted by atomic mass is 9.74. The smallest absolute Gasteiger partial charge is 0.250 e. The Balaban J connectivity index is 1.72. The molecule has 0 radical (unpaired) electrons. The summed E-state index contributed by atoms with van der Waals surface area (Å²) in [6, 6.07) is 7.88. The fraction of sp³-hybridized carbons (Fsp3) is 0.588. The van der Waals surface area contributed by atoms with E-state index in [0.717, 1.165) is 30.0 Å². The molecule has 1 aromatic carbocycles. The van der Waals surface area contributed by atoms with E-state index in [1.165, 1.54) is 0 Å². The standard InChI is InChI=1S/C17H23ClN2O3/c18-14-4-2-1-3-13(14)17(5-8-22-9-6-17)12-20-16(21)15-11-19-7-10-23-15/h1-4,15,19H,5-12H2,(H,20,21). The van der Waals surface area contributed by atoms with Crippen LogP contribution in [0.1, 0.15) is 18.4 Å². The number of amides is 1. The number of carbonyl (C=O) groups is 1. The molecule has 1 aromatic rings. The molecule has 6 heteroatoms. The van der Waals surface area contributed by atoms with E-state index < -0.39 is 6.10 Å². The number of ether oxygens (including phenoxy) is 2. The fourth-order valence-electron chi connectivity index (χ4n) is 3.30. The van der Waals surface area contributed by atoms with Gasteiger partial charge in [-0.2, -0.15) is 0 Å². The van der Waals surface area contributed by atoms with Crippen molar-refractivity contribution in [2.75, 3.05) is 39.5 Å². The minimum absolute atomic E-state index is 0.0601. The number of benzene rings is 1. The number of hydrogen-bond acceptors (Lipinski definition) is 4. The highest BCUT2D eigenvalue weighted by Crippen LogP contribution is 2.38. The van der Waals surface area contributed by atoms with E-state index in [9.17, 15) is 4.79 Å². The van der Waals surface area contributed by atoms with Crippen LogP contribution in [0.3, 0.4) is 0 Å². The number of hydrogen-bond donors (Lipinski definition) is 2. The highest BCUT2D eigenvalue weighted by atomic mass is 35.5. The summed E-state index contributed by atoms with van der Waals surface area (Å²) in [4.78, 5) is 12.4. The molecule has 2 heterocycles. The van der Waals surface area contributed by atoms with Gasteiger partial charge in [0, 0.05) is 43.3 Å². The predicted octanol–water partition coefficient (Wildman–Crippen LogP) is 1.49. The molecule has 0 aromatic heterocycles. The van der Waals surface area contributed by atoms with E-state index in [2.05, 4.69) is 16.7 Å². The molecule has 1 amide bonds. The summed E-state index contributed by atoms with van der Waals surface area (Å²) < 4.78 is 11.0. The molecule has 5 nitrogen and oxygen atoms in total. The molecule has 3 rings (SSSR count). The first-order chi connectivity index (χ1) is 11.2. The van der Waals surface area contributed by atoms with Crippen molar-refractivity contribution >= 4 is 17.5 Å². The largest absolute Gasteiger partial charge is 0.381 e. The van der Waals surface area contributed by atoms with Crippen LogP contribution < -0.4 is 10.6 Å². The van der Waals surface area contributed by atoms with Crippen LogP contribution in [-0.2, 0) is 19.7 Å². The molecule has 2 aliphatic rings. The van der Waals surface area contributed by atoms with E-state index in [1.807, 2.05) is 18.2 Å². The first-order valence-corrected chi connectivity index (χ1v) is 8.52. The second-order valence-corrected chi connectivity index (χ2v) is 6.56. The minimum atomic E-state index is -0.410. The summed E-state index contributed by atoms with van der Waals surface area (Å²) in [6.45, 7) is 3.85. The van der Waals surface area contributed by atoms with E-state index in [0.29, 0.717) is 32.9 Å². The second kappa shape index (κ2) is 7.62. The number of morpholine rings is 1. The lowest BCUT2D eigenvalue weighted by Gasteiger charge is -2.39. The van der Waals surface area contributed by atoms with Crippen LogP contribution >= 0.6 is 11.6 Å². The molecule has 2 aliphatic heterocycles. The average molecular weight is 339 g/mol. The Labute approximate surface area is 141 Å². The SMILES string of the molecule is O=C(NCC1(c2ccccc2Cl)CCOCC1)C1CNCCO1. The molecule has 0 spiro atoms. The maximum atomic E-state index is 12.4. The molecule has 1 unspecified atom stereocenters. The van der Waals surface area contributed by atoms with Gasteiger partial charge in [0.25, 0.3) is 0 Å². The van der Waals surface area contributed by atoms with E-state index in [1.54, 1.807) is 0 Å². The highest BCUT2D eigenvalue weighted by Gasteiger charge is 2.37. The molecule has 0 bridgehead atoms. The van der Waals surface area contributed by atoms with Crippen molar-refractivity contribution in [3.63, 3.8) is 0 Å². The Morgan fingerprint density at radius 1 is 1.30 bits per heavy atom. The highest BCUT2D eigenvalue weighted by molar-refractivity contribution is 6.31. The summed E-state index contributed by atoms with van der Waals surface area (Å²) in [5.41, 5.74) is 0.918. The van der Waals surface area contributed by atoms with Gasteiger partial charge in [-0.25, -0.2) is 0 Å². The van der Waals surface area contributed by atoms with Crippen molar-refractivity contribution in [1.29, 1.82) is 0 Å². The van der Waals surface area contributed by atoms with Crippen molar-refractivity contribution in [1.82, 2.24) is 10.6 Å². The summed E-state index contributed by atoms with van der Waals surface area (Å²) in [7, 11) is 0. The monoisotopic (exact) mass is 338 g/mol. The zero-order chi connectivity index (χ0) is 16.1. The molecule has 1 atom stereocenters. The van der Waals surface area contributed by atoms with E-state index in [4.69, 9.17) is 21.1 Å². The lowest BCUT2D eigenvalue weighted by Crippen LogP contribution is -2.51. The van der Waals surface area contributed by atoms with E-state index in [-0.39, 0.29) is 11.3 Å². The quantitative estimate of drug-likeness (QED) is 0.873. The second-order valence-electron chi connectivity index (χ2n) is 6.15. The van der Waals surface area contributed by atoms with Crippen LogP contribution in [-0.4, -0.2) is 51.5 Å². The van der Waals surface area contributed by atoms with Gasteiger partial charge < -0.3 is 20.1 Å². The summed E-state index contributed by atoms with van der Waals surface area (Å²) in [5, 5.41) is 7.00. The lowest BCUT2D eigenvalue weighted by molar-refractivity contribution is -0.134.